The maximum Gasteiger partial charge on any atom is 0.261 e. The van der Waals surface area contributed by atoms with Gasteiger partial charge in [0.1, 0.15) is 24.4 Å². The summed E-state index contributed by atoms with van der Waals surface area (Å²) in [4.78, 5) is 0. The van der Waals surface area contributed by atoms with Crippen molar-refractivity contribution in [2.24, 2.45) is 11.8 Å². The van der Waals surface area contributed by atoms with Crippen LogP contribution in [0.25, 0.3) is 0 Å². The molecule has 0 N–H and O–H groups in total. The van der Waals surface area contributed by atoms with Crippen molar-refractivity contribution in [1.82, 2.24) is 0 Å². The topological polar surface area (TPSA) is 73.8 Å². The molecular formula is C76H92O8Si2. The van der Waals surface area contributed by atoms with Gasteiger partial charge in [-0.3, -0.25) is 0 Å². The van der Waals surface area contributed by atoms with Crippen LogP contribution in [-0.2, 0) is 63.7 Å². The van der Waals surface area contributed by atoms with Gasteiger partial charge in [-0.1, -0.05) is 298 Å². The Morgan fingerprint density at radius 1 is 0.302 bits per heavy atom. The molecule has 10 heteroatoms. The van der Waals surface area contributed by atoms with E-state index in [1.165, 1.54) is 20.7 Å². The van der Waals surface area contributed by atoms with Gasteiger partial charge in [0, 0.05) is 11.8 Å². The third-order valence-electron chi connectivity index (χ3n) is 17.6. The monoisotopic (exact) mass is 1190 g/mol. The van der Waals surface area contributed by atoms with Gasteiger partial charge in [-0.2, -0.15) is 0 Å². The van der Waals surface area contributed by atoms with Crippen LogP contribution in [0, 0.1) is 11.8 Å². The van der Waals surface area contributed by atoms with E-state index in [4.69, 9.17) is 37.3 Å². The molecule has 0 spiro atoms. The maximum absolute atomic E-state index is 7.36. The summed E-state index contributed by atoms with van der Waals surface area (Å²) >= 11 is 0. The molecule has 0 radical (unpaired) electrons. The average Bonchev–Trinajstić information content (AvgIpc) is 1.19. The molecule has 4 unspecified atom stereocenters. The van der Waals surface area contributed by atoms with Gasteiger partial charge in [-0.25, -0.2) is 0 Å². The highest BCUT2D eigenvalue weighted by atomic mass is 28.4. The van der Waals surface area contributed by atoms with Crippen molar-refractivity contribution in [2.75, 3.05) is 13.2 Å². The molecule has 0 aliphatic carbocycles. The Balaban J connectivity index is 0.000000205. The van der Waals surface area contributed by atoms with Gasteiger partial charge in [0.25, 0.3) is 16.6 Å². The number of rotatable bonds is 22. The molecule has 0 saturated carbocycles. The highest BCUT2D eigenvalue weighted by molar-refractivity contribution is 7.00. The van der Waals surface area contributed by atoms with E-state index in [2.05, 4.69) is 263 Å². The van der Waals surface area contributed by atoms with Gasteiger partial charge in [-0.15, -0.1) is 0 Å². The highest BCUT2D eigenvalue weighted by Crippen LogP contribution is 2.41. The Bertz CT molecular complexity index is 2890. The Morgan fingerprint density at radius 3 is 0.733 bits per heavy atom. The summed E-state index contributed by atoms with van der Waals surface area (Å²) in [6.07, 6.45) is -1.51. The number of hydrogen-bond acceptors (Lipinski definition) is 8. The number of hydrogen-bond donors (Lipinski definition) is 0. The van der Waals surface area contributed by atoms with Crippen LogP contribution in [0.4, 0.5) is 0 Å². The van der Waals surface area contributed by atoms with Crippen molar-refractivity contribution in [1.29, 1.82) is 0 Å². The molecule has 8 nitrogen and oxygen atoms in total. The average molecular weight is 1190 g/mol. The Labute approximate surface area is 516 Å². The van der Waals surface area contributed by atoms with Crippen LogP contribution in [0.2, 0.25) is 10.1 Å². The summed E-state index contributed by atoms with van der Waals surface area (Å²) in [6, 6.07) is 84.5. The van der Waals surface area contributed by atoms with Crippen LogP contribution in [0.3, 0.4) is 0 Å². The standard InChI is InChI=1S/2C38H46O4Si/c2*1-29-30(2)42-35(28-41-43(38(3,4)5,33-22-14-8-15-23-33)34-24-16-9-17-25-34)37(40-27-32-20-12-7-13-21-32)36(29)39-26-31-18-10-6-11-19-31/h2*6-25,29-30,35-37H,26-28H2,1-5H3/t29?,30-,35?,36+,37-;29?,30-,35?,36-,37+/m10/s1. The molecular weight excluding hydrogens is 1100 g/mol. The van der Waals surface area contributed by atoms with Crippen molar-refractivity contribution >= 4 is 37.4 Å². The molecule has 8 aromatic carbocycles. The van der Waals surface area contributed by atoms with Crippen LogP contribution < -0.4 is 20.7 Å². The maximum atomic E-state index is 7.36. The molecule has 0 aromatic heterocycles. The lowest BCUT2D eigenvalue weighted by atomic mass is 9.88. The third-order valence-corrected chi connectivity index (χ3v) is 27.6. The number of ether oxygens (including phenoxy) is 6. The minimum Gasteiger partial charge on any atom is -0.405 e. The van der Waals surface area contributed by atoms with E-state index in [0.717, 1.165) is 22.3 Å². The van der Waals surface area contributed by atoms with E-state index in [9.17, 15) is 0 Å². The third kappa shape index (κ3) is 15.6. The van der Waals surface area contributed by atoms with Crippen molar-refractivity contribution in [3.8, 4) is 0 Å². The van der Waals surface area contributed by atoms with E-state index in [-0.39, 0.29) is 70.7 Å². The predicted octanol–water partition coefficient (Wildman–Crippen LogP) is 14.3. The molecule has 8 aromatic rings. The zero-order chi connectivity index (χ0) is 60.6. The molecule has 2 fully saturated rings. The summed E-state index contributed by atoms with van der Waals surface area (Å²) < 4.78 is 55.1. The lowest BCUT2D eigenvalue weighted by Crippen LogP contribution is -2.68. The Morgan fingerprint density at radius 2 is 0.512 bits per heavy atom. The number of benzene rings is 8. The molecule has 0 amide bonds. The summed E-state index contributed by atoms with van der Waals surface area (Å²) in [5.74, 6) is 0.294. The smallest absolute Gasteiger partial charge is 0.261 e. The van der Waals surface area contributed by atoms with Gasteiger partial charge in [0.05, 0.1) is 64.1 Å². The Kier molecular flexibility index (Phi) is 22.6. The van der Waals surface area contributed by atoms with Crippen LogP contribution in [0.15, 0.2) is 243 Å². The Hall–Kier alpha value is -6.13. The molecule has 10 rings (SSSR count). The minimum absolute atomic E-state index is 0.00916. The van der Waals surface area contributed by atoms with Crippen LogP contribution in [-0.4, -0.2) is 78.7 Å². The zero-order valence-electron chi connectivity index (χ0n) is 52.4. The first kappa shape index (κ1) is 64.4. The second-order valence-corrected chi connectivity index (χ2v) is 34.1. The predicted molar refractivity (Wildman–Crippen MR) is 354 cm³/mol. The molecule has 2 saturated heterocycles. The van der Waals surface area contributed by atoms with Crippen molar-refractivity contribution in [3.05, 3.63) is 265 Å². The minimum atomic E-state index is -2.76. The second-order valence-electron chi connectivity index (χ2n) is 25.5. The molecule has 86 heavy (non-hydrogen) atoms. The van der Waals surface area contributed by atoms with Crippen LogP contribution in [0.1, 0.15) is 91.5 Å². The largest absolute Gasteiger partial charge is 0.405 e. The van der Waals surface area contributed by atoms with Crippen LogP contribution >= 0.6 is 0 Å². The quantitative estimate of drug-likeness (QED) is 0.0622. The second kappa shape index (κ2) is 30.2. The van der Waals surface area contributed by atoms with Crippen molar-refractivity contribution < 1.29 is 37.3 Å². The zero-order valence-corrected chi connectivity index (χ0v) is 54.4. The first-order valence-electron chi connectivity index (χ1n) is 31.0. The highest BCUT2D eigenvalue weighted by Gasteiger charge is 2.54. The lowest BCUT2D eigenvalue weighted by molar-refractivity contribution is -0.233. The van der Waals surface area contributed by atoms with E-state index < -0.39 is 16.6 Å². The lowest BCUT2D eigenvalue weighted by Gasteiger charge is -2.47. The van der Waals surface area contributed by atoms with Gasteiger partial charge in [0.2, 0.25) is 0 Å². The SMILES string of the molecule is CC1[C@@H](C)OC(CO[Si](c2ccccc2)(c2ccccc2)C(C)(C)C)[C@@H](OCc2ccccc2)[C@H]1OCc1ccccc1.CC1[C@H](C)OC(CO[Si](c2ccccc2)(c2ccccc2)C(C)(C)C)[C@@H](OCc2ccccc2)[C@H]1OCc1ccccc1. The van der Waals surface area contributed by atoms with E-state index in [1.807, 2.05) is 48.5 Å². The molecule has 2 aliphatic heterocycles. The fourth-order valence-electron chi connectivity index (χ4n) is 12.7. The normalized spacial score (nSPS) is 22.8. The first-order chi connectivity index (χ1) is 41.6. The van der Waals surface area contributed by atoms with Gasteiger partial charge < -0.3 is 37.3 Å². The molecule has 10 atom stereocenters. The molecule has 2 aliphatic rings. The van der Waals surface area contributed by atoms with Gasteiger partial charge in [0.15, 0.2) is 0 Å². The van der Waals surface area contributed by atoms with Crippen LogP contribution in [0.5, 0.6) is 0 Å². The summed E-state index contributed by atoms with van der Waals surface area (Å²) in [5.41, 5.74) is 4.55. The molecule has 452 valence electrons. The molecule has 0 bridgehead atoms. The van der Waals surface area contributed by atoms with E-state index in [1.54, 1.807) is 0 Å². The summed E-state index contributed by atoms with van der Waals surface area (Å²) in [6.45, 7) is 25.4. The fraction of sp³-hybridized carbons (Fsp3) is 0.368. The van der Waals surface area contributed by atoms with Crippen molar-refractivity contribution in [2.45, 2.75) is 155 Å². The fourth-order valence-corrected chi connectivity index (χ4v) is 21.8. The summed E-state index contributed by atoms with van der Waals surface area (Å²) in [7, 11) is -5.52. The van der Waals surface area contributed by atoms with Gasteiger partial charge >= 0.3 is 0 Å². The van der Waals surface area contributed by atoms with E-state index in [0.29, 0.717) is 39.6 Å². The van der Waals surface area contributed by atoms with Crippen molar-refractivity contribution in [3.63, 3.8) is 0 Å². The first-order valence-corrected chi connectivity index (χ1v) is 34.8. The van der Waals surface area contributed by atoms with Gasteiger partial charge in [-0.05, 0) is 66.9 Å². The van der Waals surface area contributed by atoms with E-state index >= 15 is 0 Å². The summed E-state index contributed by atoms with van der Waals surface area (Å²) in [5, 5.41) is 4.75. The molecule has 2 heterocycles.